The smallest absolute Gasteiger partial charge is 0.223 e. The highest BCUT2D eigenvalue weighted by molar-refractivity contribution is 7.89. The summed E-state index contributed by atoms with van der Waals surface area (Å²) in [4.78, 5) is 12.0. The van der Waals surface area contributed by atoms with Gasteiger partial charge >= 0.3 is 0 Å². The summed E-state index contributed by atoms with van der Waals surface area (Å²) in [5, 5.41) is 2.98. The number of hydrogen-bond acceptors (Lipinski definition) is 3. The lowest BCUT2D eigenvalue weighted by molar-refractivity contribution is -0.126. The first-order chi connectivity index (χ1) is 9.40. The summed E-state index contributed by atoms with van der Waals surface area (Å²) in [6.07, 6.45) is 3.76. The predicted octanol–water partition coefficient (Wildman–Crippen LogP) is 1.74. The molecule has 0 aromatic carbocycles. The van der Waals surface area contributed by atoms with Crippen molar-refractivity contribution >= 4 is 15.9 Å². The molecule has 6 heteroatoms. The average Bonchev–Trinajstić information content (AvgIpc) is 2.45. The van der Waals surface area contributed by atoms with Crippen molar-refractivity contribution in [1.82, 2.24) is 9.62 Å². The normalized spacial score (nSPS) is 19.8. The van der Waals surface area contributed by atoms with Crippen molar-refractivity contribution in [1.29, 1.82) is 0 Å². The second-order valence-corrected chi connectivity index (χ2v) is 7.75. The minimum absolute atomic E-state index is 0.0402. The third-order valence-electron chi connectivity index (χ3n) is 3.97. The van der Waals surface area contributed by atoms with Crippen LogP contribution in [0.25, 0.3) is 0 Å². The fourth-order valence-corrected chi connectivity index (χ4v) is 3.99. The van der Waals surface area contributed by atoms with E-state index in [2.05, 4.69) is 5.32 Å². The number of carbonyl (C=O) groups excluding carboxylic acids is 1. The van der Waals surface area contributed by atoms with Crippen LogP contribution in [0.1, 0.15) is 52.9 Å². The number of sulfonamides is 1. The van der Waals surface area contributed by atoms with Gasteiger partial charge in [0.2, 0.25) is 15.9 Å². The van der Waals surface area contributed by atoms with E-state index in [0.717, 1.165) is 12.8 Å². The van der Waals surface area contributed by atoms with Gasteiger partial charge < -0.3 is 5.32 Å². The van der Waals surface area contributed by atoms with Gasteiger partial charge in [0.1, 0.15) is 0 Å². The Bertz CT molecular complexity index is 401. The van der Waals surface area contributed by atoms with Gasteiger partial charge in [-0.3, -0.25) is 4.79 Å². The molecule has 1 amide bonds. The fourth-order valence-electron chi connectivity index (χ4n) is 2.31. The molecule has 1 rings (SSSR count). The monoisotopic (exact) mass is 304 g/mol. The minimum Gasteiger partial charge on any atom is -0.353 e. The van der Waals surface area contributed by atoms with Crippen LogP contribution in [0, 0.1) is 5.92 Å². The molecule has 1 atom stereocenters. The van der Waals surface area contributed by atoms with Crippen LogP contribution < -0.4 is 5.32 Å². The van der Waals surface area contributed by atoms with E-state index in [1.54, 1.807) is 4.31 Å². The first-order valence-electron chi connectivity index (χ1n) is 7.68. The molecule has 118 valence electrons. The number of carbonyl (C=O) groups is 1. The quantitative estimate of drug-likeness (QED) is 0.779. The Hall–Kier alpha value is -0.620. The molecular weight excluding hydrogens is 276 g/mol. The SMILES string of the molecule is CCCCS(=O)(=O)N1CCC(C(=O)N[C@@H](C)CC)CC1. The lowest BCUT2D eigenvalue weighted by Crippen LogP contribution is -2.45. The van der Waals surface area contributed by atoms with E-state index in [0.29, 0.717) is 32.4 Å². The summed E-state index contributed by atoms with van der Waals surface area (Å²) >= 11 is 0. The highest BCUT2D eigenvalue weighted by Gasteiger charge is 2.30. The third kappa shape index (κ3) is 5.05. The number of unbranched alkanes of at least 4 members (excludes halogenated alkanes) is 1. The number of nitrogens with zero attached hydrogens (tertiary/aromatic N) is 1. The van der Waals surface area contributed by atoms with Crippen LogP contribution in [-0.2, 0) is 14.8 Å². The molecule has 1 saturated heterocycles. The van der Waals surface area contributed by atoms with E-state index in [1.807, 2.05) is 20.8 Å². The Balaban J connectivity index is 2.45. The molecule has 1 aliphatic rings. The summed E-state index contributed by atoms with van der Waals surface area (Å²) < 4.78 is 25.7. The van der Waals surface area contributed by atoms with Crippen molar-refractivity contribution in [3.63, 3.8) is 0 Å². The van der Waals surface area contributed by atoms with Gasteiger partial charge in [0.25, 0.3) is 0 Å². The van der Waals surface area contributed by atoms with E-state index in [1.165, 1.54) is 0 Å². The van der Waals surface area contributed by atoms with E-state index in [9.17, 15) is 13.2 Å². The van der Waals surface area contributed by atoms with Crippen molar-refractivity contribution in [2.45, 2.75) is 58.9 Å². The Morgan fingerprint density at radius 3 is 2.40 bits per heavy atom. The van der Waals surface area contributed by atoms with Crippen LogP contribution >= 0.6 is 0 Å². The Kier molecular flexibility index (Phi) is 6.95. The molecule has 1 N–H and O–H groups in total. The summed E-state index contributed by atoms with van der Waals surface area (Å²) in [6, 6.07) is 0.189. The maximum absolute atomic E-state index is 12.1. The maximum atomic E-state index is 12.1. The molecule has 0 unspecified atom stereocenters. The topological polar surface area (TPSA) is 66.5 Å². The molecule has 1 aliphatic heterocycles. The average molecular weight is 304 g/mol. The Morgan fingerprint density at radius 1 is 1.30 bits per heavy atom. The van der Waals surface area contributed by atoms with Gasteiger partial charge in [0, 0.05) is 25.0 Å². The van der Waals surface area contributed by atoms with Crippen molar-refractivity contribution in [2.75, 3.05) is 18.8 Å². The summed E-state index contributed by atoms with van der Waals surface area (Å²) in [7, 11) is -3.12. The molecule has 0 aliphatic carbocycles. The standard InChI is InChI=1S/C14H28N2O3S/c1-4-6-11-20(18,19)16-9-7-13(8-10-16)14(17)15-12(3)5-2/h12-13H,4-11H2,1-3H3,(H,15,17)/t12-/m0/s1. The van der Waals surface area contributed by atoms with Crippen molar-refractivity contribution in [3.05, 3.63) is 0 Å². The number of amides is 1. The van der Waals surface area contributed by atoms with Crippen LogP contribution in [0.2, 0.25) is 0 Å². The Morgan fingerprint density at radius 2 is 1.90 bits per heavy atom. The zero-order chi connectivity index (χ0) is 15.2. The predicted molar refractivity (Wildman–Crippen MR) is 80.9 cm³/mol. The van der Waals surface area contributed by atoms with Crippen LogP contribution in [0.3, 0.4) is 0 Å². The zero-order valence-electron chi connectivity index (χ0n) is 12.9. The summed E-state index contributed by atoms with van der Waals surface area (Å²) in [5.74, 6) is 0.263. The van der Waals surface area contributed by atoms with Gasteiger partial charge in [-0.2, -0.15) is 0 Å². The Labute approximate surface area is 123 Å². The molecule has 0 aromatic heterocycles. The largest absolute Gasteiger partial charge is 0.353 e. The van der Waals surface area contributed by atoms with Crippen LogP contribution in [0.15, 0.2) is 0 Å². The number of piperidine rings is 1. The number of rotatable bonds is 7. The van der Waals surface area contributed by atoms with E-state index in [4.69, 9.17) is 0 Å². The van der Waals surface area contributed by atoms with Crippen molar-refractivity contribution in [2.24, 2.45) is 5.92 Å². The van der Waals surface area contributed by atoms with E-state index >= 15 is 0 Å². The molecule has 1 fully saturated rings. The van der Waals surface area contributed by atoms with Gasteiger partial charge in [-0.1, -0.05) is 20.3 Å². The first-order valence-corrected chi connectivity index (χ1v) is 9.29. The maximum Gasteiger partial charge on any atom is 0.223 e. The van der Waals surface area contributed by atoms with Crippen LogP contribution in [-0.4, -0.2) is 43.5 Å². The van der Waals surface area contributed by atoms with Crippen molar-refractivity contribution in [3.8, 4) is 0 Å². The number of hydrogen-bond donors (Lipinski definition) is 1. The third-order valence-corrected chi connectivity index (χ3v) is 5.93. The second-order valence-electron chi connectivity index (χ2n) is 5.66. The second kappa shape index (κ2) is 7.98. The van der Waals surface area contributed by atoms with Gasteiger partial charge in [-0.25, -0.2) is 12.7 Å². The molecule has 0 bridgehead atoms. The molecule has 5 nitrogen and oxygen atoms in total. The molecule has 0 saturated carbocycles. The molecule has 1 heterocycles. The number of nitrogens with one attached hydrogen (secondary N) is 1. The van der Waals surface area contributed by atoms with Crippen LogP contribution in [0.5, 0.6) is 0 Å². The van der Waals surface area contributed by atoms with Gasteiger partial charge in [0.05, 0.1) is 5.75 Å². The lowest BCUT2D eigenvalue weighted by Gasteiger charge is -2.31. The molecular formula is C14H28N2O3S. The van der Waals surface area contributed by atoms with Gasteiger partial charge in [-0.05, 0) is 32.6 Å². The molecule has 0 radical (unpaired) electrons. The molecule has 0 spiro atoms. The lowest BCUT2D eigenvalue weighted by atomic mass is 9.97. The molecule has 0 aromatic rings. The minimum atomic E-state index is -3.12. The van der Waals surface area contributed by atoms with E-state index < -0.39 is 10.0 Å². The van der Waals surface area contributed by atoms with E-state index in [-0.39, 0.29) is 23.6 Å². The van der Waals surface area contributed by atoms with Gasteiger partial charge in [0.15, 0.2) is 0 Å². The highest BCUT2D eigenvalue weighted by atomic mass is 32.2. The zero-order valence-corrected chi connectivity index (χ0v) is 13.7. The molecule has 20 heavy (non-hydrogen) atoms. The first kappa shape index (κ1) is 17.4. The summed E-state index contributed by atoms with van der Waals surface area (Å²) in [5.41, 5.74) is 0. The highest BCUT2D eigenvalue weighted by Crippen LogP contribution is 2.20. The van der Waals surface area contributed by atoms with Crippen LogP contribution in [0.4, 0.5) is 0 Å². The van der Waals surface area contributed by atoms with Gasteiger partial charge in [-0.15, -0.1) is 0 Å². The van der Waals surface area contributed by atoms with Crippen molar-refractivity contribution < 1.29 is 13.2 Å². The summed E-state index contributed by atoms with van der Waals surface area (Å²) in [6.45, 7) is 6.96. The fraction of sp³-hybridized carbons (Fsp3) is 0.929.